The molecule has 1 fully saturated rings. The zero-order valence-electron chi connectivity index (χ0n) is 16.5. The Balaban J connectivity index is 1.49. The zero-order chi connectivity index (χ0) is 21.8. The SMILES string of the molecule is O=C(CSc1nnnn1-c1ccc(O)cc1)N(Cc1ccccc1)[C@H]1CCS(=O)(=O)C1. The van der Waals surface area contributed by atoms with Crippen molar-refractivity contribution in [3.8, 4) is 11.4 Å². The Hall–Kier alpha value is -2.92. The molecule has 1 aromatic heterocycles. The van der Waals surface area contributed by atoms with E-state index in [1.54, 1.807) is 17.0 Å². The highest BCUT2D eigenvalue weighted by atomic mass is 32.2. The Kier molecular flexibility index (Phi) is 6.23. The van der Waals surface area contributed by atoms with Gasteiger partial charge in [0.2, 0.25) is 11.1 Å². The van der Waals surface area contributed by atoms with E-state index >= 15 is 0 Å². The van der Waals surface area contributed by atoms with Gasteiger partial charge in [-0.1, -0.05) is 42.1 Å². The maximum atomic E-state index is 13.1. The van der Waals surface area contributed by atoms with E-state index in [4.69, 9.17) is 0 Å². The predicted octanol–water partition coefficient (Wildman–Crippen LogP) is 1.68. The average molecular weight is 460 g/mol. The Morgan fingerprint density at radius 2 is 1.90 bits per heavy atom. The number of aromatic hydroxyl groups is 1. The summed E-state index contributed by atoms with van der Waals surface area (Å²) in [5.74, 6) is 0.117. The summed E-state index contributed by atoms with van der Waals surface area (Å²) in [7, 11) is -3.13. The largest absolute Gasteiger partial charge is 0.508 e. The lowest BCUT2D eigenvalue weighted by Gasteiger charge is -2.28. The standard InChI is InChI=1S/C20H21N5O4S2/c26-18-8-6-16(7-9-18)25-20(21-22-23-25)30-13-19(27)24(12-15-4-2-1-3-5-15)17-10-11-31(28,29)14-17/h1-9,17,26H,10-14H2/t17-/m0/s1. The first-order chi connectivity index (χ1) is 14.9. The van der Waals surface area contributed by atoms with E-state index < -0.39 is 9.84 Å². The Morgan fingerprint density at radius 3 is 2.58 bits per heavy atom. The minimum absolute atomic E-state index is 0.0124. The molecule has 1 amide bonds. The number of tetrazole rings is 1. The summed E-state index contributed by atoms with van der Waals surface area (Å²) < 4.78 is 25.5. The van der Waals surface area contributed by atoms with Gasteiger partial charge < -0.3 is 10.0 Å². The van der Waals surface area contributed by atoms with Crippen LogP contribution in [0.2, 0.25) is 0 Å². The van der Waals surface area contributed by atoms with Gasteiger partial charge >= 0.3 is 0 Å². The van der Waals surface area contributed by atoms with Crippen LogP contribution in [0.4, 0.5) is 0 Å². The second-order valence-electron chi connectivity index (χ2n) is 7.24. The molecule has 2 aromatic carbocycles. The van der Waals surface area contributed by atoms with Crippen molar-refractivity contribution < 1.29 is 18.3 Å². The molecule has 1 saturated heterocycles. The van der Waals surface area contributed by atoms with E-state index in [0.717, 1.165) is 5.56 Å². The highest BCUT2D eigenvalue weighted by molar-refractivity contribution is 7.99. The van der Waals surface area contributed by atoms with Crippen molar-refractivity contribution >= 4 is 27.5 Å². The molecular formula is C20H21N5O4S2. The fourth-order valence-electron chi connectivity index (χ4n) is 3.46. The highest BCUT2D eigenvalue weighted by Crippen LogP contribution is 2.24. The monoisotopic (exact) mass is 459 g/mol. The van der Waals surface area contributed by atoms with E-state index in [-0.39, 0.29) is 35.0 Å². The number of thioether (sulfide) groups is 1. The molecule has 1 aliphatic heterocycles. The highest BCUT2D eigenvalue weighted by Gasteiger charge is 2.34. The van der Waals surface area contributed by atoms with Gasteiger partial charge in [0.15, 0.2) is 9.84 Å². The van der Waals surface area contributed by atoms with Gasteiger partial charge in [0.25, 0.3) is 0 Å². The van der Waals surface area contributed by atoms with E-state index in [2.05, 4.69) is 15.5 Å². The predicted molar refractivity (Wildman–Crippen MR) is 116 cm³/mol. The fraction of sp³-hybridized carbons (Fsp3) is 0.300. The summed E-state index contributed by atoms with van der Waals surface area (Å²) in [6.07, 6.45) is 0.441. The molecule has 1 N–H and O–H groups in total. The van der Waals surface area contributed by atoms with Crippen LogP contribution in [0.15, 0.2) is 59.8 Å². The van der Waals surface area contributed by atoms with E-state index in [9.17, 15) is 18.3 Å². The molecule has 162 valence electrons. The summed E-state index contributed by atoms with van der Waals surface area (Å²) in [5.41, 5.74) is 1.60. The molecule has 31 heavy (non-hydrogen) atoms. The van der Waals surface area contributed by atoms with E-state index in [1.165, 1.54) is 28.6 Å². The van der Waals surface area contributed by atoms with E-state index in [0.29, 0.717) is 23.8 Å². The van der Waals surface area contributed by atoms with Crippen LogP contribution in [0, 0.1) is 0 Å². The third kappa shape index (κ3) is 5.23. The van der Waals surface area contributed by atoms with Gasteiger partial charge in [0, 0.05) is 12.6 Å². The van der Waals surface area contributed by atoms with Crippen LogP contribution in [-0.2, 0) is 21.2 Å². The first kappa shape index (κ1) is 21.3. The molecule has 2 heterocycles. The number of nitrogens with zero attached hydrogens (tertiary/aromatic N) is 5. The normalized spacial score (nSPS) is 17.5. The number of sulfone groups is 1. The number of carbonyl (C=O) groups is 1. The number of hydrogen-bond acceptors (Lipinski definition) is 8. The van der Waals surface area contributed by atoms with Crippen LogP contribution >= 0.6 is 11.8 Å². The number of carbonyl (C=O) groups excluding carboxylic acids is 1. The van der Waals surface area contributed by atoms with Crippen LogP contribution in [0.3, 0.4) is 0 Å². The lowest BCUT2D eigenvalue weighted by atomic mass is 10.1. The summed E-state index contributed by atoms with van der Waals surface area (Å²) >= 11 is 1.18. The minimum atomic E-state index is -3.13. The summed E-state index contributed by atoms with van der Waals surface area (Å²) in [6, 6.07) is 15.6. The molecule has 0 spiro atoms. The van der Waals surface area contributed by atoms with Crippen LogP contribution in [0.1, 0.15) is 12.0 Å². The Bertz CT molecular complexity index is 1150. The number of rotatable bonds is 7. The Morgan fingerprint density at radius 1 is 1.16 bits per heavy atom. The first-order valence-electron chi connectivity index (χ1n) is 9.66. The average Bonchev–Trinajstić information content (AvgIpc) is 3.37. The zero-order valence-corrected chi connectivity index (χ0v) is 18.2. The molecule has 11 heteroatoms. The lowest BCUT2D eigenvalue weighted by Crippen LogP contribution is -2.41. The number of phenols is 1. The number of phenolic OH excluding ortho intramolecular Hbond substituents is 1. The van der Waals surface area contributed by atoms with Crippen molar-refractivity contribution in [2.45, 2.75) is 24.2 Å². The van der Waals surface area contributed by atoms with Crippen molar-refractivity contribution in [3.05, 3.63) is 60.2 Å². The number of amides is 1. The van der Waals surface area contributed by atoms with Gasteiger partial charge in [-0.3, -0.25) is 4.79 Å². The molecule has 1 atom stereocenters. The molecule has 0 saturated carbocycles. The molecule has 3 aromatic rings. The van der Waals surface area contributed by atoms with Gasteiger partial charge in [0.1, 0.15) is 5.75 Å². The number of aromatic nitrogens is 4. The van der Waals surface area contributed by atoms with Gasteiger partial charge in [-0.05, 0) is 46.7 Å². The topological polar surface area (TPSA) is 118 Å². The van der Waals surface area contributed by atoms with Crippen LogP contribution in [0.25, 0.3) is 5.69 Å². The third-order valence-corrected chi connectivity index (χ3v) is 7.68. The van der Waals surface area contributed by atoms with Crippen LogP contribution < -0.4 is 0 Å². The lowest BCUT2D eigenvalue weighted by molar-refractivity contribution is -0.130. The van der Waals surface area contributed by atoms with Crippen molar-refractivity contribution in [2.24, 2.45) is 0 Å². The summed E-state index contributed by atoms with van der Waals surface area (Å²) in [6.45, 7) is 0.351. The van der Waals surface area contributed by atoms with Crippen molar-refractivity contribution in [3.63, 3.8) is 0 Å². The molecule has 0 bridgehead atoms. The molecular weight excluding hydrogens is 438 g/mol. The fourth-order valence-corrected chi connectivity index (χ4v) is 5.96. The number of benzene rings is 2. The maximum Gasteiger partial charge on any atom is 0.233 e. The molecule has 0 aliphatic carbocycles. The second-order valence-corrected chi connectivity index (χ2v) is 10.4. The van der Waals surface area contributed by atoms with E-state index in [1.807, 2.05) is 30.3 Å². The van der Waals surface area contributed by atoms with Gasteiger partial charge in [-0.2, -0.15) is 4.68 Å². The quantitative estimate of drug-likeness (QED) is 0.530. The summed E-state index contributed by atoms with van der Waals surface area (Å²) in [5, 5.41) is 21.5. The van der Waals surface area contributed by atoms with Crippen molar-refractivity contribution in [1.82, 2.24) is 25.1 Å². The first-order valence-corrected chi connectivity index (χ1v) is 12.5. The van der Waals surface area contributed by atoms with Crippen LogP contribution in [0.5, 0.6) is 5.75 Å². The van der Waals surface area contributed by atoms with Gasteiger partial charge in [-0.15, -0.1) is 5.10 Å². The minimum Gasteiger partial charge on any atom is -0.508 e. The molecule has 1 aliphatic rings. The molecule has 0 radical (unpaired) electrons. The molecule has 9 nitrogen and oxygen atoms in total. The Labute approximate surface area is 184 Å². The third-order valence-electron chi connectivity index (χ3n) is 5.03. The van der Waals surface area contributed by atoms with Gasteiger partial charge in [-0.25, -0.2) is 8.42 Å². The second kappa shape index (κ2) is 9.06. The van der Waals surface area contributed by atoms with Crippen LogP contribution in [-0.4, -0.2) is 67.8 Å². The molecule has 0 unspecified atom stereocenters. The maximum absolute atomic E-state index is 13.1. The molecule has 4 rings (SSSR count). The smallest absolute Gasteiger partial charge is 0.233 e. The van der Waals surface area contributed by atoms with Gasteiger partial charge in [0.05, 0.1) is 22.9 Å². The number of hydrogen-bond donors (Lipinski definition) is 1. The summed E-state index contributed by atoms with van der Waals surface area (Å²) in [4.78, 5) is 14.8. The van der Waals surface area contributed by atoms with Crippen molar-refractivity contribution in [1.29, 1.82) is 0 Å². The van der Waals surface area contributed by atoms with Crippen molar-refractivity contribution in [2.75, 3.05) is 17.3 Å².